The average Bonchev–Trinajstić information content (AvgIpc) is 2.92. The van der Waals surface area contributed by atoms with Crippen LogP contribution in [0, 0.1) is 0 Å². The Bertz CT molecular complexity index is 505. The van der Waals surface area contributed by atoms with Gasteiger partial charge in [-0.1, -0.05) is 31.9 Å². The SMILES string of the molecule is CCNCCc1ccc(S(=O)(=O)NC2CCCC2)cc1. The Balaban J connectivity index is 1.97. The smallest absolute Gasteiger partial charge is 0.240 e. The normalized spacial score (nSPS) is 16.6. The van der Waals surface area contributed by atoms with Crippen LogP contribution in [0.2, 0.25) is 0 Å². The molecule has 0 aromatic heterocycles. The first kappa shape index (κ1) is 15.5. The zero-order valence-corrected chi connectivity index (χ0v) is 12.9. The van der Waals surface area contributed by atoms with E-state index >= 15 is 0 Å². The van der Waals surface area contributed by atoms with E-state index in [0.717, 1.165) is 50.8 Å². The Morgan fingerprint density at radius 2 is 1.80 bits per heavy atom. The topological polar surface area (TPSA) is 58.2 Å². The molecule has 0 unspecified atom stereocenters. The van der Waals surface area contributed by atoms with Crippen LogP contribution in [0.4, 0.5) is 0 Å². The molecular formula is C15H24N2O2S. The summed E-state index contributed by atoms with van der Waals surface area (Å²) in [5, 5.41) is 3.26. The van der Waals surface area contributed by atoms with Gasteiger partial charge in [0.1, 0.15) is 0 Å². The molecule has 1 fully saturated rings. The molecule has 1 aliphatic rings. The first-order valence-electron chi connectivity index (χ1n) is 7.44. The Labute approximate surface area is 122 Å². The molecule has 2 rings (SSSR count). The highest BCUT2D eigenvalue weighted by atomic mass is 32.2. The molecule has 2 N–H and O–H groups in total. The molecule has 4 nitrogen and oxygen atoms in total. The van der Waals surface area contributed by atoms with Gasteiger partial charge in [-0.05, 0) is 50.0 Å². The number of hydrogen-bond donors (Lipinski definition) is 2. The fourth-order valence-corrected chi connectivity index (χ4v) is 3.88. The molecule has 1 aromatic carbocycles. The van der Waals surface area contributed by atoms with Crippen LogP contribution in [-0.4, -0.2) is 27.5 Å². The van der Waals surface area contributed by atoms with Crippen LogP contribution >= 0.6 is 0 Å². The molecule has 0 spiro atoms. The van der Waals surface area contributed by atoms with Crippen molar-refractivity contribution in [2.24, 2.45) is 0 Å². The summed E-state index contributed by atoms with van der Waals surface area (Å²) in [4.78, 5) is 0.372. The van der Waals surface area contributed by atoms with Crippen molar-refractivity contribution in [2.75, 3.05) is 13.1 Å². The molecule has 0 saturated heterocycles. The lowest BCUT2D eigenvalue weighted by Crippen LogP contribution is -2.32. The summed E-state index contributed by atoms with van der Waals surface area (Å²) < 4.78 is 27.3. The number of hydrogen-bond acceptors (Lipinski definition) is 3. The third kappa shape index (κ3) is 4.30. The van der Waals surface area contributed by atoms with Crippen molar-refractivity contribution >= 4 is 10.0 Å². The van der Waals surface area contributed by atoms with Crippen molar-refractivity contribution in [3.05, 3.63) is 29.8 Å². The predicted molar refractivity (Wildman–Crippen MR) is 81.3 cm³/mol. The van der Waals surface area contributed by atoms with Gasteiger partial charge in [-0.3, -0.25) is 0 Å². The van der Waals surface area contributed by atoms with E-state index in [1.165, 1.54) is 0 Å². The summed E-state index contributed by atoms with van der Waals surface area (Å²) in [6.07, 6.45) is 5.08. The van der Waals surface area contributed by atoms with E-state index in [-0.39, 0.29) is 6.04 Å². The van der Waals surface area contributed by atoms with E-state index in [1.807, 2.05) is 12.1 Å². The maximum atomic E-state index is 12.2. The van der Waals surface area contributed by atoms with Gasteiger partial charge in [-0.25, -0.2) is 13.1 Å². The van der Waals surface area contributed by atoms with Crippen LogP contribution in [0.15, 0.2) is 29.2 Å². The number of sulfonamides is 1. The summed E-state index contributed by atoms with van der Waals surface area (Å²) >= 11 is 0. The first-order valence-corrected chi connectivity index (χ1v) is 8.92. The van der Waals surface area contributed by atoms with Crippen molar-refractivity contribution in [1.29, 1.82) is 0 Å². The van der Waals surface area contributed by atoms with Gasteiger partial charge in [0.15, 0.2) is 0 Å². The Kier molecular flexibility index (Phi) is 5.57. The molecule has 0 radical (unpaired) electrons. The highest BCUT2D eigenvalue weighted by Crippen LogP contribution is 2.20. The molecule has 1 saturated carbocycles. The Morgan fingerprint density at radius 3 is 2.40 bits per heavy atom. The summed E-state index contributed by atoms with van der Waals surface area (Å²) in [5.41, 5.74) is 1.16. The lowest BCUT2D eigenvalue weighted by Gasteiger charge is -2.12. The summed E-state index contributed by atoms with van der Waals surface area (Å²) in [6, 6.07) is 7.34. The van der Waals surface area contributed by atoms with Gasteiger partial charge in [0.25, 0.3) is 0 Å². The second-order valence-corrected chi connectivity index (χ2v) is 7.06. The lowest BCUT2D eigenvalue weighted by atomic mass is 10.1. The Hall–Kier alpha value is -0.910. The van der Waals surface area contributed by atoms with Gasteiger partial charge in [-0.15, -0.1) is 0 Å². The quantitative estimate of drug-likeness (QED) is 0.757. The monoisotopic (exact) mass is 296 g/mol. The highest BCUT2D eigenvalue weighted by Gasteiger charge is 2.22. The molecule has 0 amide bonds. The van der Waals surface area contributed by atoms with Gasteiger partial charge in [-0.2, -0.15) is 0 Å². The zero-order valence-electron chi connectivity index (χ0n) is 12.1. The van der Waals surface area contributed by atoms with Crippen LogP contribution in [0.25, 0.3) is 0 Å². The van der Waals surface area contributed by atoms with Gasteiger partial charge in [0, 0.05) is 6.04 Å². The predicted octanol–water partition coefficient (Wildman–Crippen LogP) is 2.06. The number of likely N-dealkylation sites (N-methyl/N-ethyl adjacent to an activating group) is 1. The highest BCUT2D eigenvalue weighted by molar-refractivity contribution is 7.89. The minimum Gasteiger partial charge on any atom is -0.317 e. The minimum absolute atomic E-state index is 0.119. The molecule has 5 heteroatoms. The molecule has 0 atom stereocenters. The number of nitrogens with one attached hydrogen (secondary N) is 2. The molecular weight excluding hydrogens is 272 g/mol. The van der Waals surface area contributed by atoms with Crippen molar-refractivity contribution in [3.63, 3.8) is 0 Å². The van der Waals surface area contributed by atoms with Crippen LogP contribution in [0.5, 0.6) is 0 Å². The Morgan fingerprint density at radius 1 is 1.15 bits per heavy atom. The van der Waals surface area contributed by atoms with Crippen LogP contribution in [-0.2, 0) is 16.4 Å². The van der Waals surface area contributed by atoms with E-state index in [2.05, 4.69) is 17.0 Å². The summed E-state index contributed by atoms with van der Waals surface area (Å²) in [5.74, 6) is 0. The van der Waals surface area contributed by atoms with Crippen molar-refractivity contribution < 1.29 is 8.42 Å². The van der Waals surface area contributed by atoms with E-state index < -0.39 is 10.0 Å². The van der Waals surface area contributed by atoms with Gasteiger partial charge in [0.2, 0.25) is 10.0 Å². The third-order valence-electron chi connectivity index (χ3n) is 3.75. The molecule has 1 aromatic rings. The number of rotatable bonds is 7. The lowest BCUT2D eigenvalue weighted by molar-refractivity contribution is 0.552. The van der Waals surface area contributed by atoms with Crippen LogP contribution < -0.4 is 10.0 Å². The molecule has 1 aliphatic carbocycles. The second kappa shape index (κ2) is 7.20. The van der Waals surface area contributed by atoms with Crippen molar-refractivity contribution in [3.8, 4) is 0 Å². The number of benzene rings is 1. The average molecular weight is 296 g/mol. The molecule has 20 heavy (non-hydrogen) atoms. The largest absolute Gasteiger partial charge is 0.317 e. The van der Waals surface area contributed by atoms with E-state index in [1.54, 1.807) is 12.1 Å². The molecule has 0 heterocycles. The maximum Gasteiger partial charge on any atom is 0.240 e. The standard InChI is InChI=1S/C15H24N2O2S/c1-2-16-12-11-13-7-9-15(10-8-13)20(18,19)17-14-5-3-4-6-14/h7-10,14,16-17H,2-6,11-12H2,1H3. The van der Waals surface area contributed by atoms with E-state index in [0.29, 0.717) is 4.90 Å². The molecule has 112 valence electrons. The van der Waals surface area contributed by atoms with Crippen LogP contribution in [0.1, 0.15) is 38.2 Å². The second-order valence-electron chi connectivity index (χ2n) is 5.35. The van der Waals surface area contributed by atoms with Crippen LogP contribution in [0.3, 0.4) is 0 Å². The summed E-state index contributed by atoms with van der Waals surface area (Å²) in [7, 11) is -3.35. The summed E-state index contributed by atoms with van der Waals surface area (Å²) in [6.45, 7) is 3.95. The van der Waals surface area contributed by atoms with Crippen molar-refractivity contribution in [1.82, 2.24) is 10.0 Å². The first-order chi connectivity index (χ1) is 9.62. The van der Waals surface area contributed by atoms with E-state index in [4.69, 9.17) is 0 Å². The fourth-order valence-electron chi connectivity index (χ4n) is 2.58. The third-order valence-corrected chi connectivity index (χ3v) is 5.29. The molecule has 0 bridgehead atoms. The van der Waals surface area contributed by atoms with Crippen molar-refractivity contribution in [2.45, 2.75) is 50.0 Å². The zero-order chi connectivity index (χ0) is 14.4. The fraction of sp³-hybridized carbons (Fsp3) is 0.600. The van der Waals surface area contributed by atoms with E-state index in [9.17, 15) is 8.42 Å². The minimum atomic E-state index is -3.35. The van der Waals surface area contributed by atoms with Gasteiger partial charge >= 0.3 is 0 Å². The van der Waals surface area contributed by atoms with Gasteiger partial charge in [0.05, 0.1) is 4.90 Å². The molecule has 0 aliphatic heterocycles. The van der Waals surface area contributed by atoms with Gasteiger partial charge < -0.3 is 5.32 Å². The maximum absolute atomic E-state index is 12.2.